The Morgan fingerprint density at radius 1 is 0.900 bits per heavy atom. The molecule has 70 heavy (non-hydrogen) atoms. The number of hydrogen-bond acceptors (Lipinski definition) is 12. The third-order valence-electron chi connectivity index (χ3n) is 15.3. The lowest BCUT2D eigenvalue weighted by Gasteiger charge is -2.52. The lowest BCUT2D eigenvalue weighted by molar-refractivity contribution is -0.121. The summed E-state index contributed by atoms with van der Waals surface area (Å²) in [7, 11) is 5.39. The van der Waals surface area contributed by atoms with Gasteiger partial charge in [0.2, 0.25) is 5.91 Å². The number of pyridine rings is 1. The van der Waals surface area contributed by atoms with Crippen LogP contribution in [0.4, 0.5) is 11.4 Å². The fraction of sp³-hybridized carbons (Fsp3) is 0.472. The second kappa shape index (κ2) is 19.7. The van der Waals surface area contributed by atoms with Crippen LogP contribution in [0, 0.1) is 19.8 Å². The first-order valence-electron chi connectivity index (χ1n) is 24.9. The summed E-state index contributed by atoms with van der Waals surface area (Å²) in [5.74, 6) is 1.33. The van der Waals surface area contributed by atoms with E-state index in [1.165, 1.54) is 31.5 Å². The number of ether oxygens (including phenoxy) is 1. The SMILES string of the molecule is C=C1NC(=O)CCC1n1c(=O)n(C)c2cc(N3CCN(C4CN(C5CCN(Cc6ccc(-c7cccc(C)c7OC)nc6)CC5)C4)CC3)ccc21.CNc1cc(C)nn2c(C(=O)N[C@@H]3C[C@@H]3C)cnc12. The number of methoxy groups -OCH3 is 1. The molecule has 4 aliphatic heterocycles. The number of carbonyl (C=O) groups is 2. The van der Waals surface area contributed by atoms with Crippen LogP contribution >= 0.6 is 0 Å². The third-order valence-corrected chi connectivity index (χ3v) is 15.3. The number of aromatic nitrogens is 6. The highest BCUT2D eigenvalue weighted by Crippen LogP contribution is 2.34. The number of carbonyl (C=O) groups excluding carboxylic acids is 2. The molecule has 2 amide bonds. The zero-order chi connectivity index (χ0) is 48.8. The van der Waals surface area contributed by atoms with E-state index >= 15 is 0 Å². The maximum absolute atomic E-state index is 13.3. The molecule has 1 unspecified atom stereocenters. The summed E-state index contributed by atoms with van der Waals surface area (Å²) < 4.78 is 10.8. The standard InChI is InChI=1S/C40H50N8O3.C13H17N5O/c1-27-6-5-7-33(39(27)51-4)34-10-8-29(23-41-34)24-44-16-14-30(15-17-44)47-25-32(26-47)46-20-18-45(19-21-46)31-9-11-36-37(22-31)43(3)40(50)48(36)35-12-13-38(49)42-28(35)2;1-7-4-9(7)16-13(19)11-6-15-12-10(14-3)5-8(2)17-18(11)12/h5-11,22-23,30,32,35H,2,12-21,24-26H2,1,3-4H3,(H,42,49);5-7,9,14H,4H2,1-3H3,(H,16,19)/t;7-,9+/m.0/s1. The van der Waals surface area contributed by atoms with Crippen LogP contribution in [0.5, 0.6) is 5.75 Å². The minimum atomic E-state index is -0.223. The van der Waals surface area contributed by atoms with E-state index in [0.717, 1.165) is 103 Å². The van der Waals surface area contributed by atoms with Crippen LogP contribution in [0.1, 0.15) is 72.4 Å². The molecule has 3 N–H and O–H groups in total. The summed E-state index contributed by atoms with van der Waals surface area (Å²) in [6, 6.07) is 20.2. The zero-order valence-corrected chi connectivity index (χ0v) is 41.4. The Morgan fingerprint density at radius 2 is 1.67 bits per heavy atom. The summed E-state index contributed by atoms with van der Waals surface area (Å²) in [5, 5.41) is 13.3. The van der Waals surface area contributed by atoms with Gasteiger partial charge in [0.05, 0.1) is 47.5 Å². The van der Waals surface area contributed by atoms with Crippen LogP contribution in [0.25, 0.3) is 27.9 Å². The highest BCUT2D eigenvalue weighted by molar-refractivity contribution is 5.94. The molecule has 4 saturated heterocycles. The van der Waals surface area contributed by atoms with Crippen molar-refractivity contribution in [2.75, 3.05) is 76.7 Å². The number of amides is 2. The number of nitrogens with zero attached hydrogens (tertiary/aromatic N) is 10. The minimum Gasteiger partial charge on any atom is -0.496 e. The van der Waals surface area contributed by atoms with Gasteiger partial charge in [-0.1, -0.05) is 31.7 Å². The van der Waals surface area contributed by atoms with Crippen LogP contribution in [-0.4, -0.2) is 140 Å². The first kappa shape index (κ1) is 47.1. The van der Waals surface area contributed by atoms with Crippen molar-refractivity contribution in [3.8, 4) is 17.0 Å². The predicted molar refractivity (Wildman–Crippen MR) is 273 cm³/mol. The summed E-state index contributed by atoms with van der Waals surface area (Å²) in [6.07, 6.45) is 8.09. The predicted octanol–water partition coefficient (Wildman–Crippen LogP) is 5.37. The lowest BCUT2D eigenvalue weighted by atomic mass is 9.96. The van der Waals surface area contributed by atoms with Crippen molar-refractivity contribution < 1.29 is 14.3 Å². The van der Waals surface area contributed by atoms with Gasteiger partial charge in [0, 0.05) is 108 Å². The van der Waals surface area contributed by atoms with Crippen LogP contribution < -0.4 is 31.3 Å². The maximum atomic E-state index is 13.3. The van der Waals surface area contributed by atoms with Crippen molar-refractivity contribution >= 4 is 39.9 Å². The average molecular weight is 950 g/mol. The van der Waals surface area contributed by atoms with Crippen molar-refractivity contribution in [3.05, 3.63) is 112 Å². The number of hydrogen-bond donors (Lipinski definition) is 3. The fourth-order valence-electron chi connectivity index (χ4n) is 11.0. The van der Waals surface area contributed by atoms with E-state index in [1.807, 2.05) is 33.3 Å². The van der Waals surface area contributed by atoms with Gasteiger partial charge in [-0.2, -0.15) is 5.10 Å². The molecule has 8 heterocycles. The quantitative estimate of drug-likeness (QED) is 0.153. The molecule has 5 fully saturated rings. The normalized spacial score (nSPS) is 21.6. The Bertz CT molecular complexity index is 2970. The van der Waals surface area contributed by atoms with Gasteiger partial charge in [-0.05, 0) is 106 Å². The molecule has 4 aromatic heterocycles. The maximum Gasteiger partial charge on any atom is 0.329 e. The fourth-order valence-corrected chi connectivity index (χ4v) is 11.0. The Kier molecular flexibility index (Phi) is 13.3. The van der Waals surface area contributed by atoms with Crippen molar-refractivity contribution in [1.29, 1.82) is 0 Å². The number of piperazine rings is 1. The Balaban J connectivity index is 0.000000249. The molecule has 11 rings (SSSR count). The lowest BCUT2D eigenvalue weighted by Crippen LogP contribution is -2.65. The first-order valence-corrected chi connectivity index (χ1v) is 24.9. The Morgan fingerprint density at radius 3 is 2.36 bits per heavy atom. The van der Waals surface area contributed by atoms with Crippen LogP contribution in [0.3, 0.4) is 0 Å². The average Bonchev–Trinajstić information content (AvgIpc) is 3.76. The van der Waals surface area contributed by atoms with Gasteiger partial charge in [-0.15, -0.1) is 0 Å². The number of piperidine rings is 2. The van der Waals surface area contributed by atoms with E-state index in [4.69, 9.17) is 9.72 Å². The molecule has 17 nitrogen and oxygen atoms in total. The number of allylic oxidation sites excluding steroid dienone is 1. The number of aryl methyl sites for hydroxylation is 3. The number of rotatable bonds is 11. The summed E-state index contributed by atoms with van der Waals surface area (Å²) in [5.41, 5.74) is 10.7. The second-order valence-electron chi connectivity index (χ2n) is 20.0. The smallest absolute Gasteiger partial charge is 0.329 e. The van der Waals surface area contributed by atoms with Gasteiger partial charge in [-0.25, -0.2) is 14.3 Å². The van der Waals surface area contributed by atoms with Crippen molar-refractivity contribution in [2.24, 2.45) is 13.0 Å². The summed E-state index contributed by atoms with van der Waals surface area (Å²) in [6.45, 7) is 19.8. The number of imidazole rings is 2. The monoisotopic (exact) mass is 950 g/mol. The van der Waals surface area contributed by atoms with Crippen LogP contribution in [-0.2, 0) is 18.4 Å². The molecule has 368 valence electrons. The summed E-state index contributed by atoms with van der Waals surface area (Å²) in [4.78, 5) is 56.8. The Labute approximate surface area is 409 Å². The molecular weight excluding hydrogens is 883 g/mol. The van der Waals surface area contributed by atoms with Crippen LogP contribution in [0.15, 0.2) is 84.1 Å². The molecule has 5 aliphatic rings. The summed E-state index contributed by atoms with van der Waals surface area (Å²) >= 11 is 0. The highest BCUT2D eigenvalue weighted by atomic mass is 16.5. The molecular formula is C53H67N13O4. The number of likely N-dealkylation sites (tertiary alicyclic amines) is 2. The first-order chi connectivity index (χ1) is 33.9. The number of fused-ring (bicyclic) bond motifs is 2. The molecule has 0 bridgehead atoms. The molecule has 0 radical (unpaired) electrons. The number of nitrogens with one attached hydrogen (secondary N) is 3. The van der Waals surface area contributed by atoms with E-state index < -0.39 is 0 Å². The third kappa shape index (κ3) is 9.41. The van der Waals surface area contributed by atoms with Gasteiger partial charge in [0.1, 0.15) is 5.75 Å². The van der Waals surface area contributed by atoms with E-state index in [-0.39, 0.29) is 23.5 Å². The van der Waals surface area contributed by atoms with Gasteiger partial charge < -0.3 is 25.6 Å². The molecule has 0 spiro atoms. The van der Waals surface area contributed by atoms with Crippen molar-refractivity contribution in [3.63, 3.8) is 0 Å². The van der Waals surface area contributed by atoms with E-state index in [0.29, 0.717) is 53.9 Å². The van der Waals surface area contributed by atoms with Gasteiger partial charge >= 0.3 is 5.69 Å². The Hall–Kier alpha value is -6.56. The molecule has 2 aromatic carbocycles. The van der Waals surface area contributed by atoms with Gasteiger partial charge in [-0.3, -0.25) is 38.4 Å². The van der Waals surface area contributed by atoms with Gasteiger partial charge in [0.25, 0.3) is 5.91 Å². The number of benzene rings is 2. The molecule has 17 heteroatoms. The number of anilines is 2. The molecule has 6 aromatic rings. The van der Waals surface area contributed by atoms with E-state index in [2.05, 4.69) is 115 Å². The van der Waals surface area contributed by atoms with Crippen molar-refractivity contribution in [1.82, 2.24) is 54.0 Å². The second-order valence-corrected chi connectivity index (χ2v) is 20.0. The topological polar surface area (TPSA) is 162 Å². The number of para-hydroxylation sites is 1. The zero-order valence-electron chi connectivity index (χ0n) is 41.4. The molecule has 3 atom stereocenters. The van der Waals surface area contributed by atoms with E-state index in [1.54, 1.807) is 27.0 Å². The minimum absolute atomic E-state index is 0.0330. The molecule has 1 aliphatic carbocycles. The van der Waals surface area contributed by atoms with Gasteiger partial charge in [0.15, 0.2) is 11.3 Å². The van der Waals surface area contributed by atoms with Crippen molar-refractivity contribution in [2.45, 2.75) is 83.6 Å². The van der Waals surface area contributed by atoms with E-state index in [9.17, 15) is 14.4 Å². The van der Waals surface area contributed by atoms with Crippen LogP contribution in [0.2, 0.25) is 0 Å². The highest BCUT2D eigenvalue weighted by Gasteiger charge is 2.39. The largest absolute Gasteiger partial charge is 0.496 e. The molecule has 1 saturated carbocycles.